The molecule has 6 nitrogen and oxygen atoms in total. The molecule has 0 radical (unpaired) electrons. The molecule has 0 spiro atoms. The van der Waals surface area contributed by atoms with Crippen LogP contribution in [0.2, 0.25) is 5.02 Å². The number of fused-ring (bicyclic) bond motifs is 2. The van der Waals surface area contributed by atoms with Gasteiger partial charge in [0.15, 0.2) is 11.5 Å². The molecule has 1 aromatic heterocycles. The van der Waals surface area contributed by atoms with Gasteiger partial charge in [-0.15, -0.1) is 0 Å². The Balaban J connectivity index is 1.48. The zero-order valence-electron chi connectivity index (χ0n) is 20.8. The van der Waals surface area contributed by atoms with Crippen molar-refractivity contribution in [1.29, 1.82) is 0 Å². The Hall–Kier alpha value is -4.03. The van der Waals surface area contributed by atoms with Gasteiger partial charge in [0, 0.05) is 39.6 Å². The van der Waals surface area contributed by atoms with E-state index < -0.39 is 0 Å². The Bertz CT molecular complexity index is 1500. The number of methoxy groups -OCH3 is 2. The molecule has 1 amide bonds. The molecule has 0 fully saturated rings. The van der Waals surface area contributed by atoms with Crippen LogP contribution in [0.4, 0.5) is 17.1 Å². The average Bonchev–Trinajstić information content (AvgIpc) is 2.92. The fraction of sp³-hybridized carbons (Fsp3) is 0.200. The van der Waals surface area contributed by atoms with Gasteiger partial charge in [0.1, 0.15) is 0 Å². The number of nitrogens with one attached hydrogen (secondary N) is 2. The predicted octanol–water partition coefficient (Wildman–Crippen LogP) is 7.18. The number of halogens is 1. The number of hydrogen-bond donors (Lipinski definition) is 2. The summed E-state index contributed by atoms with van der Waals surface area (Å²) >= 11 is 6.04. The fourth-order valence-corrected chi connectivity index (χ4v) is 4.87. The summed E-state index contributed by atoms with van der Waals surface area (Å²) in [5.74, 6) is 1.10. The van der Waals surface area contributed by atoms with Gasteiger partial charge in [0.2, 0.25) is 5.91 Å². The third kappa shape index (κ3) is 5.54. The van der Waals surface area contributed by atoms with Crippen molar-refractivity contribution in [3.8, 4) is 11.5 Å². The molecule has 1 aliphatic rings. The SMILES string of the molecule is COc1ccc(Nc2c3c(nc4ccc(NC(=O)C=Cc5cccc(Cl)c5)cc24)CCCC3)cc1OC. The maximum absolute atomic E-state index is 12.7. The van der Waals surface area contributed by atoms with Crippen LogP contribution in [-0.2, 0) is 17.6 Å². The smallest absolute Gasteiger partial charge is 0.248 e. The molecule has 2 N–H and O–H groups in total. The molecule has 37 heavy (non-hydrogen) atoms. The number of ether oxygens (including phenoxy) is 2. The van der Waals surface area contributed by atoms with Gasteiger partial charge in [-0.05, 0) is 85.4 Å². The molecule has 4 aromatic rings. The van der Waals surface area contributed by atoms with Gasteiger partial charge in [0.05, 0.1) is 25.4 Å². The van der Waals surface area contributed by atoms with Crippen LogP contribution in [0.1, 0.15) is 29.7 Å². The molecule has 1 heterocycles. The van der Waals surface area contributed by atoms with Gasteiger partial charge >= 0.3 is 0 Å². The highest BCUT2D eigenvalue weighted by Crippen LogP contribution is 2.38. The van der Waals surface area contributed by atoms with Gasteiger partial charge in [-0.1, -0.05) is 23.7 Å². The summed E-state index contributed by atoms with van der Waals surface area (Å²) in [6, 6.07) is 18.9. The van der Waals surface area contributed by atoms with E-state index in [0.717, 1.165) is 59.2 Å². The van der Waals surface area contributed by atoms with E-state index in [0.29, 0.717) is 22.2 Å². The lowest BCUT2D eigenvalue weighted by atomic mass is 9.92. The number of carbonyl (C=O) groups is 1. The number of rotatable bonds is 7. The number of benzene rings is 3. The molecule has 0 atom stereocenters. The van der Waals surface area contributed by atoms with Crippen LogP contribution in [0.5, 0.6) is 11.5 Å². The van der Waals surface area contributed by atoms with Crippen LogP contribution in [0.25, 0.3) is 17.0 Å². The third-order valence-corrected chi connectivity index (χ3v) is 6.69. The first-order valence-corrected chi connectivity index (χ1v) is 12.6. The Morgan fingerprint density at radius 3 is 2.57 bits per heavy atom. The molecule has 0 saturated heterocycles. The van der Waals surface area contributed by atoms with Crippen LogP contribution < -0.4 is 20.1 Å². The zero-order valence-corrected chi connectivity index (χ0v) is 21.6. The van der Waals surface area contributed by atoms with E-state index in [4.69, 9.17) is 26.1 Å². The van der Waals surface area contributed by atoms with E-state index in [-0.39, 0.29) is 5.91 Å². The van der Waals surface area contributed by atoms with Crippen molar-refractivity contribution >= 4 is 51.5 Å². The molecule has 1 aliphatic carbocycles. The lowest BCUT2D eigenvalue weighted by molar-refractivity contribution is -0.111. The number of anilines is 3. The summed E-state index contributed by atoms with van der Waals surface area (Å²) in [5.41, 5.74) is 6.69. The monoisotopic (exact) mass is 513 g/mol. The second-order valence-electron chi connectivity index (χ2n) is 8.92. The van der Waals surface area contributed by atoms with Gasteiger partial charge in [0.25, 0.3) is 0 Å². The van der Waals surface area contributed by atoms with E-state index >= 15 is 0 Å². The van der Waals surface area contributed by atoms with Crippen molar-refractivity contribution in [3.63, 3.8) is 0 Å². The van der Waals surface area contributed by atoms with Gasteiger partial charge in [-0.2, -0.15) is 0 Å². The molecule has 0 unspecified atom stereocenters. The Labute approximate surface area is 221 Å². The number of carbonyl (C=O) groups excluding carboxylic acids is 1. The van der Waals surface area contributed by atoms with Crippen molar-refractivity contribution in [2.45, 2.75) is 25.7 Å². The minimum absolute atomic E-state index is 0.223. The van der Waals surface area contributed by atoms with Crippen molar-refractivity contribution in [2.75, 3.05) is 24.9 Å². The second-order valence-corrected chi connectivity index (χ2v) is 9.36. The second kappa shape index (κ2) is 10.9. The first kappa shape index (κ1) is 24.7. The third-order valence-electron chi connectivity index (χ3n) is 6.46. The highest BCUT2D eigenvalue weighted by Gasteiger charge is 2.19. The highest BCUT2D eigenvalue weighted by atomic mass is 35.5. The lowest BCUT2D eigenvalue weighted by Gasteiger charge is -2.22. The topological polar surface area (TPSA) is 72.5 Å². The molecule has 0 saturated carbocycles. The van der Waals surface area contributed by atoms with Crippen LogP contribution >= 0.6 is 11.6 Å². The van der Waals surface area contributed by atoms with Crippen LogP contribution in [0.3, 0.4) is 0 Å². The van der Waals surface area contributed by atoms with Crippen molar-refractivity contribution in [1.82, 2.24) is 4.98 Å². The number of hydrogen-bond acceptors (Lipinski definition) is 5. The van der Waals surface area contributed by atoms with E-state index in [1.165, 1.54) is 11.6 Å². The quantitative estimate of drug-likeness (QED) is 0.256. The Kier molecular flexibility index (Phi) is 7.28. The average molecular weight is 514 g/mol. The molecule has 5 rings (SSSR count). The molecule has 0 bridgehead atoms. The molecule has 3 aromatic carbocycles. The van der Waals surface area contributed by atoms with E-state index in [1.807, 2.05) is 54.6 Å². The summed E-state index contributed by atoms with van der Waals surface area (Å²) in [7, 11) is 3.25. The highest BCUT2D eigenvalue weighted by molar-refractivity contribution is 6.30. The predicted molar refractivity (Wildman–Crippen MR) is 150 cm³/mol. The molecule has 188 valence electrons. The van der Waals surface area contributed by atoms with Crippen molar-refractivity contribution in [2.24, 2.45) is 0 Å². The van der Waals surface area contributed by atoms with E-state index in [9.17, 15) is 4.79 Å². The summed E-state index contributed by atoms with van der Waals surface area (Å²) < 4.78 is 10.9. The summed E-state index contributed by atoms with van der Waals surface area (Å²) in [4.78, 5) is 17.6. The fourth-order valence-electron chi connectivity index (χ4n) is 4.67. The number of nitrogens with zero attached hydrogens (tertiary/aromatic N) is 1. The summed E-state index contributed by atoms with van der Waals surface area (Å²) in [5, 5.41) is 8.17. The van der Waals surface area contributed by atoms with Gasteiger partial charge < -0.3 is 20.1 Å². The largest absolute Gasteiger partial charge is 0.493 e. The number of pyridine rings is 1. The molecular weight excluding hydrogens is 486 g/mol. The van der Waals surface area contributed by atoms with Crippen molar-refractivity contribution < 1.29 is 14.3 Å². The Morgan fingerprint density at radius 1 is 0.946 bits per heavy atom. The first-order chi connectivity index (χ1) is 18.0. The summed E-state index contributed by atoms with van der Waals surface area (Å²) in [6.45, 7) is 0. The minimum atomic E-state index is -0.223. The maximum Gasteiger partial charge on any atom is 0.248 e. The van der Waals surface area contributed by atoms with Crippen LogP contribution in [0.15, 0.2) is 66.7 Å². The number of aryl methyl sites for hydroxylation is 1. The van der Waals surface area contributed by atoms with Gasteiger partial charge in [-0.3, -0.25) is 9.78 Å². The number of aromatic nitrogens is 1. The molecular formula is C30H28ClN3O3. The van der Waals surface area contributed by atoms with Crippen LogP contribution in [-0.4, -0.2) is 25.1 Å². The summed E-state index contributed by atoms with van der Waals surface area (Å²) in [6.07, 6.45) is 7.40. The minimum Gasteiger partial charge on any atom is -0.493 e. The maximum atomic E-state index is 12.7. The zero-order chi connectivity index (χ0) is 25.8. The Morgan fingerprint density at radius 2 is 1.76 bits per heavy atom. The standard InChI is InChI=1S/C30H28ClN3O3/c1-36-27-14-12-22(18-28(27)37-2)33-30-23-8-3-4-9-25(23)34-26-13-11-21(17-24(26)30)32-29(35)15-10-19-6-5-7-20(31)16-19/h5-7,10-18H,3-4,8-9H2,1-2H3,(H,32,35)(H,33,34). The molecule has 7 heteroatoms. The van der Waals surface area contributed by atoms with Crippen molar-refractivity contribution in [3.05, 3.63) is 88.6 Å². The molecule has 0 aliphatic heterocycles. The first-order valence-electron chi connectivity index (χ1n) is 12.2. The lowest BCUT2D eigenvalue weighted by Crippen LogP contribution is -2.11. The normalized spacial score (nSPS) is 12.8. The van der Waals surface area contributed by atoms with E-state index in [2.05, 4.69) is 10.6 Å². The van der Waals surface area contributed by atoms with Crippen LogP contribution in [0, 0.1) is 0 Å². The number of amides is 1. The van der Waals surface area contributed by atoms with Gasteiger partial charge in [-0.25, -0.2) is 0 Å². The van der Waals surface area contributed by atoms with E-state index in [1.54, 1.807) is 26.4 Å².